The molecule has 0 nitrogen and oxygen atoms in total. The van der Waals surface area contributed by atoms with Crippen LogP contribution in [0, 0.1) is 12.3 Å². The van der Waals surface area contributed by atoms with E-state index in [1.807, 2.05) is 0 Å². The van der Waals surface area contributed by atoms with Crippen LogP contribution < -0.4 is 35.3 Å². The molecule has 3 aliphatic rings. The first kappa shape index (κ1) is 28.7. The van der Waals surface area contributed by atoms with Gasteiger partial charge in [0, 0.05) is 0 Å². The molecule has 0 saturated heterocycles. The van der Waals surface area contributed by atoms with E-state index in [0.717, 1.165) is 12.8 Å². The van der Waals surface area contributed by atoms with Crippen molar-refractivity contribution in [2.24, 2.45) is 5.41 Å². The molecule has 0 amide bonds. The molecule has 0 aromatic heterocycles. The summed E-state index contributed by atoms with van der Waals surface area (Å²) in [5, 5.41) is 2.90. The van der Waals surface area contributed by atoms with Crippen LogP contribution in [0.1, 0.15) is 43.4 Å². The monoisotopic (exact) mass is 611 g/mol. The van der Waals surface area contributed by atoms with E-state index in [1.165, 1.54) is 38.3 Å². The third-order valence-electron chi connectivity index (χ3n) is 7.89. The van der Waals surface area contributed by atoms with Gasteiger partial charge < -0.3 is 24.8 Å². The molecule has 0 heterocycles. The minimum Gasteiger partial charge on any atom is -1.00 e. The molecular weight excluding hydrogens is 583 g/mol. The van der Waals surface area contributed by atoms with Gasteiger partial charge in [-0.25, -0.2) is 0 Å². The zero-order chi connectivity index (χ0) is 24.7. The summed E-state index contributed by atoms with van der Waals surface area (Å²) in [6.07, 6.45) is 14.0. The number of fused-ring (bicyclic) bond motifs is 2. The summed E-state index contributed by atoms with van der Waals surface area (Å²) in [4.78, 5) is 0. The van der Waals surface area contributed by atoms with Crippen LogP contribution >= 0.6 is 0 Å². The maximum absolute atomic E-state index is 2.48. The van der Waals surface area contributed by atoms with Gasteiger partial charge in [-0.15, -0.1) is 0 Å². The van der Waals surface area contributed by atoms with E-state index in [-0.39, 0.29) is 30.2 Å². The molecule has 6 rings (SSSR count). The Kier molecular flexibility index (Phi) is 8.94. The number of aryl methyl sites for hydroxylation is 1. The summed E-state index contributed by atoms with van der Waals surface area (Å²) in [6.45, 7) is 7.02. The predicted octanol–water partition coefficient (Wildman–Crippen LogP) is 0.796. The van der Waals surface area contributed by atoms with Gasteiger partial charge in [-0.3, -0.25) is 0 Å². The third-order valence-corrected chi connectivity index (χ3v) is 11.8. The van der Waals surface area contributed by atoms with E-state index < -0.39 is 22.8 Å². The molecule has 0 saturated carbocycles. The molecule has 0 radical (unpaired) electrons. The van der Waals surface area contributed by atoms with Gasteiger partial charge in [0.1, 0.15) is 0 Å². The van der Waals surface area contributed by atoms with Gasteiger partial charge in [0.05, 0.1) is 0 Å². The summed E-state index contributed by atoms with van der Waals surface area (Å²) in [6, 6.07) is 29.3. The van der Waals surface area contributed by atoms with Gasteiger partial charge in [-0.1, -0.05) is 0 Å². The molecule has 0 bridgehead atoms. The molecule has 0 spiro atoms. The molecule has 3 aromatic carbocycles. The van der Waals surface area contributed by atoms with Crippen LogP contribution in [0.5, 0.6) is 0 Å². The Morgan fingerprint density at radius 2 is 1.53 bits per heavy atom. The average molecular weight is 614 g/mol. The van der Waals surface area contributed by atoms with Crippen LogP contribution in [-0.4, -0.2) is 3.21 Å². The fourth-order valence-electron chi connectivity index (χ4n) is 5.80. The van der Waals surface area contributed by atoms with E-state index in [1.54, 1.807) is 17.6 Å². The van der Waals surface area contributed by atoms with Crippen molar-refractivity contribution in [2.45, 2.75) is 33.6 Å². The molecule has 0 aliphatic heterocycles. The molecular formula is C35H31Cl2Zr. The third kappa shape index (κ3) is 5.02. The zero-order valence-electron chi connectivity index (χ0n) is 22.1. The Morgan fingerprint density at radius 3 is 2.11 bits per heavy atom. The summed E-state index contributed by atoms with van der Waals surface area (Å²) in [5.41, 5.74) is 10.2. The Bertz CT molecular complexity index is 1600. The Labute approximate surface area is 250 Å². The van der Waals surface area contributed by atoms with Crippen LogP contribution in [0.15, 0.2) is 126 Å². The minimum atomic E-state index is -1.21. The standard InChI is InChI=1S/C22H21.C13H10.2ClH.Zr/c1-4-22(3)12-11-19-18-10-9-15(2)13-17(18)14-20(19)21(22)16-7-5-6-8-16;1-3-7-12(8-4-1)11-13-9-5-2-6-10-13;;;/h5-7,9-13H,4,8H2,1-3H3;1-10H;2*1H;/q;;;;+2/p-2. The summed E-state index contributed by atoms with van der Waals surface area (Å²) in [5.74, 6) is 0. The van der Waals surface area contributed by atoms with Crippen molar-refractivity contribution in [3.63, 3.8) is 0 Å². The van der Waals surface area contributed by atoms with Gasteiger partial charge in [0.25, 0.3) is 0 Å². The second kappa shape index (κ2) is 11.8. The summed E-state index contributed by atoms with van der Waals surface area (Å²) >= 11 is -1.21. The first-order valence-electron chi connectivity index (χ1n) is 13.0. The van der Waals surface area contributed by atoms with Crippen LogP contribution in [-0.2, 0) is 22.8 Å². The topological polar surface area (TPSA) is 0 Å². The summed E-state index contributed by atoms with van der Waals surface area (Å²) < 4.78 is 3.20. The Morgan fingerprint density at radius 1 is 0.868 bits per heavy atom. The smallest absolute Gasteiger partial charge is 1.00 e. The van der Waals surface area contributed by atoms with Crippen molar-refractivity contribution in [1.29, 1.82) is 0 Å². The Hall–Kier alpha value is -2.31. The number of halogens is 2. The van der Waals surface area contributed by atoms with E-state index >= 15 is 0 Å². The average Bonchev–Trinajstić information content (AvgIpc) is 3.54. The SMILES string of the molecule is CCC1(C)C=CC2=c3ccc(C)cc3=[C]([Zr+2]=[C](c3ccccc3)c3ccccc3)C2=C1C1=CC=CC1.[Cl-].[Cl-]. The molecule has 38 heavy (non-hydrogen) atoms. The van der Waals surface area contributed by atoms with Crippen LogP contribution in [0.2, 0.25) is 0 Å². The molecule has 189 valence electrons. The van der Waals surface area contributed by atoms with E-state index in [4.69, 9.17) is 0 Å². The van der Waals surface area contributed by atoms with Crippen LogP contribution in [0.25, 0.3) is 8.85 Å². The van der Waals surface area contributed by atoms with Crippen molar-refractivity contribution in [3.8, 4) is 0 Å². The second-order valence-electron chi connectivity index (χ2n) is 10.2. The van der Waals surface area contributed by atoms with Gasteiger partial charge in [-0.05, 0) is 0 Å². The van der Waals surface area contributed by atoms with Crippen molar-refractivity contribution in [1.82, 2.24) is 0 Å². The maximum atomic E-state index is 2.48. The number of rotatable bonds is 5. The van der Waals surface area contributed by atoms with Gasteiger partial charge >= 0.3 is 227 Å². The fraction of sp³-hybridized carbons (Fsp3) is 0.171. The molecule has 0 N–H and O–H groups in total. The Balaban J connectivity index is 0.00000168. The van der Waals surface area contributed by atoms with Gasteiger partial charge in [0.2, 0.25) is 0 Å². The molecule has 3 heteroatoms. The molecule has 0 fully saturated rings. The normalized spacial score (nSPS) is 18.8. The molecule has 3 aromatic rings. The quantitative estimate of drug-likeness (QED) is 0.400. The van der Waals surface area contributed by atoms with Crippen molar-refractivity contribution in [3.05, 3.63) is 153 Å². The van der Waals surface area contributed by atoms with E-state index in [2.05, 4.69) is 130 Å². The van der Waals surface area contributed by atoms with Crippen molar-refractivity contribution < 1.29 is 47.6 Å². The summed E-state index contributed by atoms with van der Waals surface area (Å²) in [7, 11) is 0. The number of hydrogen-bond donors (Lipinski definition) is 0. The first-order chi connectivity index (χ1) is 17.6. The number of allylic oxidation sites excluding steroid dienone is 8. The largest absolute Gasteiger partial charge is 1.00 e. The van der Waals surface area contributed by atoms with Crippen LogP contribution in [0.4, 0.5) is 0 Å². The maximum Gasteiger partial charge on any atom is -1.00 e. The van der Waals surface area contributed by atoms with Gasteiger partial charge in [-0.2, -0.15) is 0 Å². The second-order valence-corrected chi connectivity index (χ2v) is 13.3. The van der Waals surface area contributed by atoms with Crippen molar-refractivity contribution >= 4 is 12.1 Å². The molecule has 3 aliphatic carbocycles. The first-order valence-corrected chi connectivity index (χ1v) is 15.5. The minimum absolute atomic E-state index is 0. The van der Waals surface area contributed by atoms with E-state index in [0.29, 0.717) is 0 Å². The van der Waals surface area contributed by atoms with Crippen LogP contribution in [0.3, 0.4) is 0 Å². The number of hydrogen-bond acceptors (Lipinski definition) is 0. The van der Waals surface area contributed by atoms with Gasteiger partial charge in [0.15, 0.2) is 0 Å². The number of benzene rings is 3. The molecule has 1 unspecified atom stereocenters. The van der Waals surface area contributed by atoms with Crippen molar-refractivity contribution in [2.75, 3.05) is 0 Å². The van der Waals surface area contributed by atoms with E-state index in [9.17, 15) is 0 Å². The predicted molar refractivity (Wildman–Crippen MR) is 150 cm³/mol. The zero-order valence-corrected chi connectivity index (χ0v) is 26.0. The molecule has 1 atom stereocenters. The fourth-order valence-corrected chi connectivity index (χ4v) is 9.73.